The number of carbonyl (C=O) groups is 2. The van der Waals surface area contributed by atoms with Gasteiger partial charge < -0.3 is 10.1 Å². The number of nitrogens with one attached hydrogen (secondary N) is 1. The smallest absolute Gasteiger partial charge is 0.414 e. The summed E-state index contributed by atoms with van der Waals surface area (Å²) in [5, 5.41) is 2.88. The molecule has 0 saturated carbocycles. The van der Waals surface area contributed by atoms with Gasteiger partial charge in [-0.25, -0.2) is 4.79 Å². The maximum atomic E-state index is 12.1. The Morgan fingerprint density at radius 3 is 2.46 bits per heavy atom. The Balaban J connectivity index is 1.52. The van der Waals surface area contributed by atoms with Crippen LogP contribution in [0.3, 0.4) is 0 Å². The highest BCUT2D eigenvalue weighted by Gasteiger charge is 2.23. The number of cyclic esters (lactones) is 1. The van der Waals surface area contributed by atoms with Crippen molar-refractivity contribution in [3.63, 3.8) is 0 Å². The van der Waals surface area contributed by atoms with E-state index >= 15 is 0 Å². The molecule has 2 amide bonds. The van der Waals surface area contributed by atoms with E-state index in [0.717, 1.165) is 16.9 Å². The quantitative estimate of drug-likeness (QED) is 0.915. The number of carbonyl (C=O) groups excluding carboxylic acids is 2. The van der Waals surface area contributed by atoms with E-state index in [-0.39, 0.29) is 12.0 Å². The van der Waals surface area contributed by atoms with Crippen molar-refractivity contribution in [1.29, 1.82) is 0 Å². The Morgan fingerprint density at radius 2 is 1.83 bits per heavy atom. The van der Waals surface area contributed by atoms with Gasteiger partial charge >= 0.3 is 6.09 Å². The number of anilines is 2. The normalized spacial score (nSPS) is 13.7. The van der Waals surface area contributed by atoms with Gasteiger partial charge in [0.25, 0.3) is 0 Å². The van der Waals surface area contributed by atoms with E-state index in [4.69, 9.17) is 4.74 Å². The topological polar surface area (TPSA) is 58.6 Å². The minimum atomic E-state index is -0.329. The van der Waals surface area contributed by atoms with Gasteiger partial charge in [0, 0.05) is 17.8 Å². The SMILES string of the molecule is Cc1ccc(CCC(=O)Nc2ccc(N3CCOC3=O)cc2)cc1. The summed E-state index contributed by atoms with van der Waals surface area (Å²) in [6.45, 7) is 3.01. The molecule has 1 aliphatic heterocycles. The molecule has 3 rings (SSSR count). The Labute approximate surface area is 141 Å². The summed E-state index contributed by atoms with van der Waals surface area (Å²) in [5.74, 6) is -0.0242. The molecule has 5 heteroatoms. The van der Waals surface area contributed by atoms with E-state index in [1.807, 2.05) is 31.2 Å². The van der Waals surface area contributed by atoms with Crippen molar-refractivity contribution in [1.82, 2.24) is 0 Å². The molecule has 0 spiro atoms. The molecule has 0 radical (unpaired) electrons. The van der Waals surface area contributed by atoms with Gasteiger partial charge in [-0.15, -0.1) is 0 Å². The first kappa shape index (κ1) is 16.1. The predicted octanol–water partition coefficient (Wildman–Crippen LogP) is 3.52. The minimum absolute atomic E-state index is 0.0242. The summed E-state index contributed by atoms with van der Waals surface area (Å²) in [7, 11) is 0. The summed E-state index contributed by atoms with van der Waals surface area (Å²) in [6.07, 6.45) is 0.817. The fourth-order valence-corrected chi connectivity index (χ4v) is 2.59. The van der Waals surface area contributed by atoms with Crippen molar-refractivity contribution < 1.29 is 14.3 Å². The highest BCUT2D eigenvalue weighted by atomic mass is 16.6. The van der Waals surface area contributed by atoms with Gasteiger partial charge in [-0.3, -0.25) is 9.69 Å². The third kappa shape index (κ3) is 3.93. The number of hydrogen-bond acceptors (Lipinski definition) is 3. The third-order valence-corrected chi connectivity index (χ3v) is 3.98. The molecule has 5 nitrogen and oxygen atoms in total. The second-order valence-corrected chi connectivity index (χ2v) is 5.85. The van der Waals surface area contributed by atoms with Crippen LogP contribution in [0, 0.1) is 6.92 Å². The number of benzene rings is 2. The van der Waals surface area contributed by atoms with Crippen LogP contribution < -0.4 is 10.2 Å². The zero-order valence-corrected chi connectivity index (χ0v) is 13.6. The van der Waals surface area contributed by atoms with Crippen LogP contribution in [-0.2, 0) is 16.0 Å². The Kier molecular flexibility index (Phi) is 4.79. The maximum Gasteiger partial charge on any atom is 0.414 e. The molecule has 1 fully saturated rings. The molecule has 2 aromatic carbocycles. The van der Waals surface area contributed by atoms with Gasteiger partial charge in [0.1, 0.15) is 6.61 Å². The molecular formula is C19H20N2O3. The first-order valence-electron chi connectivity index (χ1n) is 8.01. The fraction of sp³-hybridized carbons (Fsp3) is 0.263. The van der Waals surface area contributed by atoms with Gasteiger partial charge in [0.15, 0.2) is 0 Å². The number of nitrogens with zero attached hydrogens (tertiary/aromatic N) is 1. The number of amides is 2. The molecule has 24 heavy (non-hydrogen) atoms. The summed E-state index contributed by atoms with van der Waals surface area (Å²) >= 11 is 0. The van der Waals surface area contributed by atoms with E-state index < -0.39 is 0 Å². The number of aryl methyl sites for hydroxylation is 2. The molecule has 0 atom stereocenters. The van der Waals surface area contributed by atoms with Crippen molar-refractivity contribution in [3.8, 4) is 0 Å². The van der Waals surface area contributed by atoms with Crippen LogP contribution in [0.4, 0.5) is 16.2 Å². The van der Waals surface area contributed by atoms with Gasteiger partial charge in [0.05, 0.1) is 6.54 Å². The molecule has 2 aromatic rings. The fourth-order valence-electron chi connectivity index (χ4n) is 2.59. The van der Waals surface area contributed by atoms with Crippen molar-refractivity contribution >= 4 is 23.4 Å². The van der Waals surface area contributed by atoms with Gasteiger partial charge in [-0.1, -0.05) is 29.8 Å². The average Bonchev–Trinajstić information content (AvgIpc) is 3.01. The standard InChI is InChI=1S/C19H20N2O3/c1-14-2-4-15(5-3-14)6-11-18(22)20-16-7-9-17(10-8-16)21-12-13-24-19(21)23/h2-5,7-10H,6,11-13H2,1H3,(H,20,22). The zero-order chi connectivity index (χ0) is 16.9. The molecule has 0 aliphatic carbocycles. The maximum absolute atomic E-state index is 12.1. The number of ether oxygens (including phenoxy) is 1. The molecule has 0 unspecified atom stereocenters. The van der Waals surface area contributed by atoms with Crippen LogP contribution in [-0.4, -0.2) is 25.2 Å². The molecule has 0 aromatic heterocycles. The van der Waals surface area contributed by atoms with Crippen molar-refractivity contribution in [3.05, 3.63) is 59.7 Å². The second-order valence-electron chi connectivity index (χ2n) is 5.85. The van der Waals surface area contributed by atoms with Crippen molar-refractivity contribution in [2.75, 3.05) is 23.4 Å². The van der Waals surface area contributed by atoms with Crippen LogP contribution in [0.5, 0.6) is 0 Å². The second kappa shape index (κ2) is 7.17. The van der Waals surface area contributed by atoms with Gasteiger partial charge in [0.2, 0.25) is 5.91 Å². The molecule has 1 N–H and O–H groups in total. The summed E-state index contributed by atoms with van der Waals surface area (Å²) in [4.78, 5) is 25.1. The highest BCUT2D eigenvalue weighted by molar-refractivity contribution is 5.92. The van der Waals surface area contributed by atoms with Crippen molar-refractivity contribution in [2.24, 2.45) is 0 Å². The van der Waals surface area contributed by atoms with Crippen LogP contribution in [0.15, 0.2) is 48.5 Å². The summed E-state index contributed by atoms with van der Waals surface area (Å²) in [5.41, 5.74) is 3.86. The molecule has 1 saturated heterocycles. The average molecular weight is 324 g/mol. The molecule has 124 valence electrons. The predicted molar refractivity (Wildman–Crippen MR) is 93.3 cm³/mol. The highest BCUT2D eigenvalue weighted by Crippen LogP contribution is 2.21. The zero-order valence-electron chi connectivity index (χ0n) is 13.6. The van der Waals surface area contributed by atoms with Gasteiger partial charge in [-0.05, 0) is 43.2 Å². The first-order valence-corrected chi connectivity index (χ1v) is 8.01. The van der Waals surface area contributed by atoms with Crippen LogP contribution in [0.1, 0.15) is 17.5 Å². The molecule has 0 bridgehead atoms. The third-order valence-electron chi connectivity index (χ3n) is 3.98. The molecular weight excluding hydrogens is 304 g/mol. The van der Waals surface area contributed by atoms with E-state index in [2.05, 4.69) is 17.4 Å². The van der Waals surface area contributed by atoms with Crippen molar-refractivity contribution in [2.45, 2.75) is 19.8 Å². The lowest BCUT2D eigenvalue weighted by Gasteiger charge is -2.13. The molecule has 1 heterocycles. The lowest BCUT2D eigenvalue weighted by atomic mass is 10.1. The van der Waals surface area contributed by atoms with E-state index in [9.17, 15) is 9.59 Å². The number of rotatable bonds is 5. The van der Waals surface area contributed by atoms with Gasteiger partial charge in [-0.2, -0.15) is 0 Å². The van der Waals surface area contributed by atoms with E-state index in [1.165, 1.54) is 5.56 Å². The van der Waals surface area contributed by atoms with E-state index in [0.29, 0.717) is 26.0 Å². The first-order chi connectivity index (χ1) is 11.6. The van der Waals surface area contributed by atoms with Crippen LogP contribution >= 0.6 is 0 Å². The Bertz CT molecular complexity index is 723. The monoisotopic (exact) mass is 324 g/mol. The summed E-state index contributed by atoms with van der Waals surface area (Å²) in [6, 6.07) is 15.4. The molecule has 1 aliphatic rings. The summed E-state index contributed by atoms with van der Waals surface area (Å²) < 4.78 is 4.91. The van der Waals surface area contributed by atoms with Crippen LogP contribution in [0.2, 0.25) is 0 Å². The van der Waals surface area contributed by atoms with Crippen LogP contribution in [0.25, 0.3) is 0 Å². The Hall–Kier alpha value is -2.82. The Morgan fingerprint density at radius 1 is 1.12 bits per heavy atom. The lowest BCUT2D eigenvalue weighted by molar-refractivity contribution is -0.116. The minimum Gasteiger partial charge on any atom is -0.447 e. The number of hydrogen-bond donors (Lipinski definition) is 1. The largest absolute Gasteiger partial charge is 0.447 e. The lowest BCUT2D eigenvalue weighted by Crippen LogP contribution is -2.23. The van der Waals surface area contributed by atoms with E-state index in [1.54, 1.807) is 17.0 Å².